The quantitative estimate of drug-likeness (QED) is 0.788. The van der Waals surface area contributed by atoms with Gasteiger partial charge in [0.1, 0.15) is 0 Å². The fourth-order valence-electron chi connectivity index (χ4n) is 2.85. The zero-order valence-corrected chi connectivity index (χ0v) is 12.0. The highest BCUT2D eigenvalue weighted by atomic mass is 16.5. The van der Waals surface area contributed by atoms with E-state index in [1.807, 2.05) is 4.90 Å². The van der Waals surface area contributed by atoms with Gasteiger partial charge < -0.3 is 20.3 Å². The van der Waals surface area contributed by atoms with Gasteiger partial charge in [-0.25, -0.2) is 4.79 Å². The molecule has 2 unspecified atom stereocenters. The van der Waals surface area contributed by atoms with E-state index in [0.717, 1.165) is 45.6 Å². The monoisotopic (exact) mass is 269 g/mol. The van der Waals surface area contributed by atoms with Crippen molar-refractivity contribution in [3.05, 3.63) is 0 Å². The van der Waals surface area contributed by atoms with E-state index in [9.17, 15) is 4.79 Å². The van der Waals surface area contributed by atoms with Crippen molar-refractivity contribution < 1.29 is 9.53 Å². The van der Waals surface area contributed by atoms with E-state index in [4.69, 9.17) is 4.74 Å². The number of nitrogens with zero attached hydrogens (tertiary/aromatic N) is 1. The molecule has 0 saturated carbocycles. The van der Waals surface area contributed by atoms with E-state index in [2.05, 4.69) is 17.6 Å². The van der Waals surface area contributed by atoms with Gasteiger partial charge in [-0.1, -0.05) is 6.92 Å². The maximum atomic E-state index is 12.3. The third kappa shape index (κ3) is 4.66. The fourth-order valence-corrected chi connectivity index (χ4v) is 2.85. The third-order valence-corrected chi connectivity index (χ3v) is 3.92. The molecule has 2 rings (SSSR count). The second kappa shape index (κ2) is 7.70. The summed E-state index contributed by atoms with van der Waals surface area (Å²) in [7, 11) is 0. The lowest BCUT2D eigenvalue weighted by Crippen LogP contribution is -2.48. The first-order valence-corrected chi connectivity index (χ1v) is 7.63. The summed E-state index contributed by atoms with van der Waals surface area (Å²) in [6.07, 6.45) is 4.40. The van der Waals surface area contributed by atoms with Crippen molar-refractivity contribution in [3.8, 4) is 0 Å². The van der Waals surface area contributed by atoms with E-state index in [-0.39, 0.29) is 12.1 Å². The minimum atomic E-state index is 0.0860. The number of rotatable bonds is 5. The lowest BCUT2D eigenvalue weighted by molar-refractivity contribution is 0.168. The van der Waals surface area contributed by atoms with Crippen LogP contribution in [0.15, 0.2) is 0 Å². The molecule has 2 fully saturated rings. The van der Waals surface area contributed by atoms with Crippen molar-refractivity contribution in [1.29, 1.82) is 0 Å². The maximum absolute atomic E-state index is 12.3. The first kappa shape index (κ1) is 14.6. The molecule has 2 heterocycles. The Balaban J connectivity index is 1.80. The molecule has 5 nitrogen and oxygen atoms in total. The van der Waals surface area contributed by atoms with Gasteiger partial charge >= 0.3 is 6.03 Å². The Hall–Kier alpha value is -0.810. The highest BCUT2D eigenvalue weighted by molar-refractivity contribution is 5.74. The van der Waals surface area contributed by atoms with Crippen molar-refractivity contribution in [1.82, 2.24) is 15.5 Å². The van der Waals surface area contributed by atoms with E-state index < -0.39 is 0 Å². The Morgan fingerprint density at radius 3 is 3.00 bits per heavy atom. The van der Waals surface area contributed by atoms with Gasteiger partial charge in [-0.05, 0) is 44.7 Å². The SMILES string of the molecule is CCCN(CC1CCCNC1)C(=O)NC1CCOC1. The Bertz CT molecular complexity index is 274. The average molecular weight is 269 g/mol. The Kier molecular flexibility index (Phi) is 5.92. The van der Waals surface area contributed by atoms with Crippen molar-refractivity contribution in [2.24, 2.45) is 5.92 Å². The molecule has 2 saturated heterocycles. The number of piperidine rings is 1. The zero-order chi connectivity index (χ0) is 13.5. The van der Waals surface area contributed by atoms with Crippen LogP contribution < -0.4 is 10.6 Å². The molecule has 0 aliphatic carbocycles. The average Bonchev–Trinajstić information content (AvgIpc) is 2.92. The molecule has 0 bridgehead atoms. The van der Waals surface area contributed by atoms with Gasteiger partial charge in [-0.15, -0.1) is 0 Å². The summed E-state index contributed by atoms with van der Waals surface area (Å²) < 4.78 is 5.30. The van der Waals surface area contributed by atoms with Crippen LogP contribution in [0.4, 0.5) is 4.79 Å². The summed E-state index contributed by atoms with van der Waals surface area (Å²) in [6, 6.07) is 0.291. The topological polar surface area (TPSA) is 53.6 Å². The molecule has 2 aliphatic heterocycles. The van der Waals surface area contributed by atoms with Gasteiger partial charge in [0.05, 0.1) is 12.6 Å². The number of carbonyl (C=O) groups excluding carboxylic acids is 1. The van der Waals surface area contributed by atoms with E-state index in [1.54, 1.807) is 0 Å². The number of hydrogen-bond acceptors (Lipinski definition) is 3. The molecule has 0 aromatic carbocycles. The van der Waals surface area contributed by atoms with Gasteiger partial charge in [0.2, 0.25) is 0 Å². The second-order valence-electron chi connectivity index (χ2n) is 5.67. The van der Waals surface area contributed by atoms with Crippen LogP contribution in [0.1, 0.15) is 32.6 Å². The van der Waals surface area contributed by atoms with E-state index >= 15 is 0 Å². The lowest BCUT2D eigenvalue weighted by atomic mass is 9.99. The predicted octanol–water partition coefficient (Wildman–Crippen LogP) is 1.20. The summed E-state index contributed by atoms with van der Waals surface area (Å²) in [5.41, 5.74) is 0. The Labute approximate surface area is 116 Å². The van der Waals surface area contributed by atoms with Crippen LogP contribution in [0.2, 0.25) is 0 Å². The normalized spacial score (nSPS) is 27.2. The maximum Gasteiger partial charge on any atom is 0.317 e. The highest BCUT2D eigenvalue weighted by Gasteiger charge is 2.23. The molecule has 0 aromatic rings. The molecular formula is C14H27N3O2. The number of ether oxygens (including phenoxy) is 1. The molecule has 0 spiro atoms. The van der Waals surface area contributed by atoms with Crippen LogP contribution in [0.25, 0.3) is 0 Å². The molecule has 5 heteroatoms. The summed E-state index contributed by atoms with van der Waals surface area (Å²) in [5.74, 6) is 0.603. The van der Waals surface area contributed by atoms with Crippen molar-refractivity contribution in [3.63, 3.8) is 0 Å². The highest BCUT2D eigenvalue weighted by Crippen LogP contribution is 2.13. The van der Waals surface area contributed by atoms with E-state index in [0.29, 0.717) is 12.5 Å². The van der Waals surface area contributed by atoms with Crippen LogP contribution in [-0.4, -0.2) is 56.4 Å². The third-order valence-electron chi connectivity index (χ3n) is 3.92. The van der Waals surface area contributed by atoms with Gasteiger partial charge in [0, 0.05) is 19.7 Å². The lowest BCUT2D eigenvalue weighted by Gasteiger charge is -2.30. The fraction of sp³-hybridized carbons (Fsp3) is 0.929. The summed E-state index contributed by atoms with van der Waals surface area (Å²) in [4.78, 5) is 14.3. The molecule has 2 N–H and O–H groups in total. The molecule has 2 amide bonds. The predicted molar refractivity (Wildman–Crippen MR) is 75.2 cm³/mol. The number of carbonyl (C=O) groups is 1. The Morgan fingerprint density at radius 1 is 1.47 bits per heavy atom. The smallest absolute Gasteiger partial charge is 0.317 e. The number of nitrogens with one attached hydrogen (secondary N) is 2. The molecule has 19 heavy (non-hydrogen) atoms. The van der Waals surface area contributed by atoms with Gasteiger partial charge in [-0.3, -0.25) is 0 Å². The minimum Gasteiger partial charge on any atom is -0.379 e. The molecule has 2 aliphatic rings. The molecule has 0 aromatic heterocycles. The number of hydrogen-bond donors (Lipinski definition) is 2. The van der Waals surface area contributed by atoms with Crippen LogP contribution in [0, 0.1) is 5.92 Å². The number of urea groups is 1. The molecule has 2 atom stereocenters. The molecule has 110 valence electrons. The summed E-state index contributed by atoms with van der Waals surface area (Å²) in [6.45, 7) is 7.44. The Morgan fingerprint density at radius 2 is 2.37 bits per heavy atom. The minimum absolute atomic E-state index is 0.0860. The number of amides is 2. The van der Waals surface area contributed by atoms with E-state index in [1.165, 1.54) is 12.8 Å². The first-order chi connectivity index (χ1) is 9.29. The van der Waals surface area contributed by atoms with Gasteiger partial charge in [0.15, 0.2) is 0 Å². The van der Waals surface area contributed by atoms with Crippen molar-refractivity contribution >= 4 is 6.03 Å². The zero-order valence-electron chi connectivity index (χ0n) is 12.0. The summed E-state index contributed by atoms with van der Waals surface area (Å²) in [5, 5.41) is 6.51. The van der Waals surface area contributed by atoms with Crippen LogP contribution in [0.3, 0.4) is 0 Å². The van der Waals surface area contributed by atoms with Gasteiger partial charge in [-0.2, -0.15) is 0 Å². The van der Waals surface area contributed by atoms with Crippen LogP contribution in [0.5, 0.6) is 0 Å². The van der Waals surface area contributed by atoms with Crippen molar-refractivity contribution in [2.75, 3.05) is 39.4 Å². The largest absolute Gasteiger partial charge is 0.379 e. The summed E-state index contributed by atoms with van der Waals surface area (Å²) >= 11 is 0. The van der Waals surface area contributed by atoms with Crippen molar-refractivity contribution in [2.45, 2.75) is 38.6 Å². The van der Waals surface area contributed by atoms with Crippen LogP contribution >= 0.6 is 0 Å². The molecular weight excluding hydrogens is 242 g/mol. The molecule has 0 radical (unpaired) electrons. The second-order valence-corrected chi connectivity index (χ2v) is 5.67. The van der Waals surface area contributed by atoms with Crippen LogP contribution in [-0.2, 0) is 4.74 Å². The first-order valence-electron chi connectivity index (χ1n) is 7.63. The van der Waals surface area contributed by atoms with Gasteiger partial charge in [0.25, 0.3) is 0 Å². The standard InChI is InChI=1S/C14H27N3O2/c1-2-7-17(10-12-4-3-6-15-9-12)14(18)16-13-5-8-19-11-13/h12-13,15H,2-11H2,1H3,(H,16,18).